The van der Waals surface area contributed by atoms with Crippen LogP contribution in [-0.2, 0) is 52.1 Å². The first kappa shape index (κ1) is 65.8. The molecule has 0 bridgehead atoms. The van der Waals surface area contributed by atoms with Gasteiger partial charge in [0.05, 0.1) is 51.8 Å². The molecule has 17 N–H and O–H groups in total. The van der Waals surface area contributed by atoms with Crippen molar-refractivity contribution in [3.05, 3.63) is 0 Å². The Labute approximate surface area is 487 Å². The van der Waals surface area contributed by atoms with Gasteiger partial charge in [0, 0.05) is 12.3 Å². The average Bonchev–Trinajstić information content (AvgIpc) is 2.08. The predicted octanol–water partition coefficient (Wildman–Crippen LogP) is -5.49. The van der Waals surface area contributed by atoms with E-state index < -0.39 is 192 Å². The van der Waals surface area contributed by atoms with Gasteiger partial charge >= 0.3 is 0 Å². The van der Waals surface area contributed by atoms with Gasteiger partial charge in [-0.25, -0.2) is 0 Å². The molecule has 6 heterocycles. The first-order chi connectivity index (χ1) is 39.8. The van der Waals surface area contributed by atoms with Gasteiger partial charge in [-0.1, -0.05) is 27.7 Å². The number of fused-ring (bicyclic) bond motifs is 7. The Hall–Kier alpha value is -1.12. The quantitative estimate of drug-likeness (QED) is 0.0569. The summed E-state index contributed by atoms with van der Waals surface area (Å²) in [7, 11) is 0. The molecular weight excluding hydrogens is 1120 g/mol. The number of ether oxygens (including phenoxy) is 11. The van der Waals surface area contributed by atoms with Gasteiger partial charge in [-0.2, -0.15) is 0 Å². The van der Waals surface area contributed by atoms with Gasteiger partial charge in [0.2, 0.25) is 0 Å². The van der Waals surface area contributed by atoms with Crippen LogP contribution in [0.1, 0.15) is 91.9 Å². The standard InChI is InChI=1S/C56H94O28/c1-21(19-74-49-43(70)39(66)36(63)30(15-57)77-49)7-12-56(73)22(2)34-29(84-56)14-27-25-6-5-23-13-24(8-10-54(23,3)26(25)9-11-55(27,34)4)76-51-45(72)41(68)46(33(18-60)80-51)81-53-48(83-52-44(71)40(67)37(64)31(16-58)78-52)47(38(65)32(17-59)79-53)82-50-42(69)35(62)28(61)20-75-50/h21-53,57-73H,5-20H2,1-4H3/t21-,22-,23-,24?,25?,26?,27?,28+,29?,30+,31?,32?,33?,34?,35-,36?,37?,38+,39?,40+,41+,42?,43?,44-,45?,46-,47-,48?,49+,50-,51+,52?,53-,54-,55-,56+/m0/s1. The molecule has 10 rings (SSSR count). The third kappa shape index (κ3) is 12.1. The van der Waals surface area contributed by atoms with Crippen LogP contribution in [0.2, 0.25) is 0 Å². The Morgan fingerprint density at radius 1 is 0.512 bits per heavy atom. The van der Waals surface area contributed by atoms with Crippen molar-refractivity contribution in [2.45, 2.75) is 257 Å². The van der Waals surface area contributed by atoms with Crippen molar-refractivity contribution in [3.63, 3.8) is 0 Å². The molecule has 0 aromatic carbocycles. The van der Waals surface area contributed by atoms with Crippen molar-refractivity contribution < 1.29 is 139 Å². The van der Waals surface area contributed by atoms with E-state index >= 15 is 0 Å². The van der Waals surface area contributed by atoms with E-state index in [1.165, 1.54) is 0 Å². The van der Waals surface area contributed by atoms with Crippen molar-refractivity contribution in [1.29, 1.82) is 0 Å². The van der Waals surface area contributed by atoms with Crippen LogP contribution in [-0.4, -0.2) is 292 Å². The summed E-state index contributed by atoms with van der Waals surface area (Å²) in [6, 6.07) is 0. The molecule has 6 aliphatic heterocycles. The normalized spacial score (nSPS) is 55.4. The summed E-state index contributed by atoms with van der Waals surface area (Å²) < 4.78 is 65.9. The summed E-state index contributed by atoms with van der Waals surface area (Å²) in [6.07, 6.45) is -33.1. The molecule has 486 valence electrons. The largest absolute Gasteiger partial charge is 0.394 e. The second-order valence-electron chi connectivity index (χ2n) is 26.6. The molecule has 10 aliphatic rings. The number of hydrogen-bond acceptors (Lipinski definition) is 28. The highest BCUT2D eigenvalue weighted by Gasteiger charge is 2.69. The zero-order valence-corrected chi connectivity index (χ0v) is 48.0. The Kier molecular flexibility index (Phi) is 20.6. The van der Waals surface area contributed by atoms with Crippen LogP contribution in [0.15, 0.2) is 0 Å². The topological polar surface area (TPSA) is 445 Å². The van der Waals surface area contributed by atoms with Gasteiger partial charge in [-0.3, -0.25) is 0 Å². The second-order valence-corrected chi connectivity index (χ2v) is 26.6. The van der Waals surface area contributed by atoms with Crippen molar-refractivity contribution in [1.82, 2.24) is 0 Å². The highest BCUT2D eigenvalue weighted by molar-refractivity contribution is 5.15. The van der Waals surface area contributed by atoms with Crippen molar-refractivity contribution >= 4 is 0 Å². The van der Waals surface area contributed by atoms with Gasteiger partial charge in [-0.05, 0) is 104 Å². The minimum atomic E-state index is -2.02. The van der Waals surface area contributed by atoms with Gasteiger partial charge in [0.1, 0.15) is 116 Å². The van der Waals surface area contributed by atoms with Crippen LogP contribution in [0.4, 0.5) is 0 Å². The van der Waals surface area contributed by atoms with E-state index in [1.54, 1.807) is 0 Å². The summed E-state index contributed by atoms with van der Waals surface area (Å²) in [5.41, 5.74) is -0.0852. The zero-order valence-electron chi connectivity index (χ0n) is 48.0. The molecule has 6 saturated heterocycles. The summed E-state index contributed by atoms with van der Waals surface area (Å²) in [5, 5.41) is 182. The fourth-order valence-electron chi connectivity index (χ4n) is 16.8. The molecule has 10 fully saturated rings. The Balaban J connectivity index is 0.759. The van der Waals surface area contributed by atoms with Gasteiger partial charge in [0.25, 0.3) is 0 Å². The SMILES string of the molecule is C[C@@H](CC[C@@]1(O)OC2CC3C4CC[C@H]5CC(O[C@@H]6OC(CO)[C@H](O[C@@H]7OC(CO)[C@@H](O)[C@H](O[C@@H]8OC[C@@H](O)[C@H](O)C8O)C7OC7OC(CO)C(O)[C@@H](O)[C@@H]7O)[C@H](O)C6O)CC[C@]5(C)C4CC[C@]3(C)C2[C@@H]1C)CO[C@@H]1O[C@H](CO)C(O)C(O)C1O. The molecule has 0 amide bonds. The maximum atomic E-state index is 12.1. The summed E-state index contributed by atoms with van der Waals surface area (Å²) >= 11 is 0. The molecule has 0 aromatic rings. The van der Waals surface area contributed by atoms with Crippen LogP contribution in [0.25, 0.3) is 0 Å². The van der Waals surface area contributed by atoms with Crippen LogP contribution < -0.4 is 0 Å². The highest BCUT2D eigenvalue weighted by Crippen LogP contribution is 2.71. The fourth-order valence-corrected chi connectivity index (χ4v) is 16.8. The monoisotopic (exact) mass is 1210 g/mol. The molecule has 84 heavy (non-hydrogen) atoms. The molecule has 0 aromatic heterocycles. The molecule has 0 radical (unpaired) electrons. The number of rotatable bonds is 18. The third-order valence-electron chi connectivity index (χ3n) is 21.8. The van der Waals surface area contributed by atoms with Crippen molar-refractivity contribution in [3.8, 4) is 0 Å². The number of aliphatic hydroxyl groups is 17. The van der Waals surface area contributed by atoms with Crippen LogP contribution in [0, 0.1) is 52.3 Å². The summed E-state index contributed by atoms with van der Waals surface area (Å²) in [5.74, 6) is 0.0903. The summed E-state index contributed by atoms with van der Waals surface area (Å²) in [6.45, 7) is 5.31. The first-order valence-corrected chi connectivity index (χ1v) is 30.3. The molecule has 0 spiro atoms. The highest BCUT2D eigenvalue weighted by atomic mass is 16.8. The lowest BCUT2D eigenvalue weighted by Crippen LogP contribution is -2.68. The smallest absolute Gasteiger partial charge is 0.187 e. The molecule has 17 unspecified atom stereocenters. The molecule has 28 nitrogen and oxygen atoms in total. The van der Waals surface area contributed by atoms with Gasteiger partial charge < -0.3 is 139 Å². The molecule has 28 heteroatoms. The Morgan fingerprint density at radius 3 is 1.73 bits per heavy atom. The fraction of sp³-hybridized carbons (Fsp3) is 1.00. The minimum Gasteiger partial charge on any atom is -0.394 e. The van der Waals surface area contributed by atoms with Gasteiger partial charge in [0.15, 0.2) is 37.2 Å². The van der Waals surface area contributed by atoms with E-state index in [4.69, 9.17) is 52.1 Å². The van der Waals surface area contributed by atoms with E-state index in [2.05, 4.69) is 20.8 Å². The molecule has 36 atom stereocenters. The lowest BCUT2D eigenvalue weighted by molar-refractivity contribution is -0.404. The lowest BCUT2D eigenvalue weighted by atomic mass is 9.44. The van der Waals surface area contributed by atoms with E-state index in [0.29, 0.717) is 43.4 Å². The first-order valence-electron chi connectivity index (χ1n) is 30.3. The molecule has 4 saturated carbocycles. The van der Waals surface area contributed by atoms with Gasteiger partial charge in [-0.15, -0.1) is 0 Å². The van der Waals surface area contributed by atoms with Crippen molar-refractivity contribution in [2.75, 3.05) is 39.6 Å². The Morgan fingerprint density at radius 2 is 1.06 bits per heavy atom. The summed E-state index contributed by atoms with van der Waals surface area (Å²) in [4.78, 5) is 0. The molecular formula is C56H94O28. The van der Waals surface area contributed by atoms with E-state index in [1.807, 2.05) is 6.92 Å². The van der Waals surface area contributed by atoms with Crippen molar-refractivity contribution in [2.24, 2.45) is 52.3 Å². The Bertz CT molecular complexity index is 2140. The van der Waals surface area contributed by atoms with E-state index in [9.17, 15) is 86.8 Å². The number of hydrogen-bond donors (Lipinski definition) is 17. The second kappa shape index (κ2) is 26.2. The maximum Gasteiger partial charge on any atom is 0.187 e. The lowest BCUT2D eigenvalue weighted by Gasteiger charge is -2.61. The minimum absolute atomic E-state index is 0.0288. The zero-order chi connectivity index (χ0) is 60.6. The van der Waals surface area contributed by atoms with Crippen LogP contribution in [0.3, 0.4) is 0 Å². The van der Waals surface area contributed by atoms with E-state index in [-0.39, 0.29) is 47.2 Å². The molecule has 4 aliphatic carbocycles. The average molecular weight is 1220 g/mol. The third-order valence-corrected chi connectivity index (χ3v) is 21.8. The van der Waals surface area contributed by atoms with Crippen LogP contribution >= 0.6 is 0 Å². The predicted molar refractivity (Wildman–Crippen MR) is 278 cm³/mol. The van der Waals surface area contributed by atoms with Crippen LogP contribution in [0.5, 0.6) is 0 Å². The maximum absolute atomic E-state index is 12.1. The number of aliphatic hydroxyl groups excluding tert-OH is 16. The van der Waals surface area contributed by atoms with E-state index in [0.717, 1.165) is 38.5 Å².